The first-order valence-corrected chi connectivity index (χ1v) is 9.44. The third-order valence-corrected chi connectivity index (χ3v) is 4.22. The van der Waals surface area contributed by atoms with Gasteiger partial charge in [0.05, 0.1) is 0 Å². The Morgan fingerprint density at radius 3 is 2.58 bits per heavy atom. The van der Waals surface area contributed by atoms with Crippen molar-refractivity contribution >= 4 is 22.5 Å². The van der Waals surface area contributed by atoms with Crippen molar-refractivity contribution in [3.05, 3.63) is 42.2 Å². The lowest BCUT2D eigenvalue weighted by Crippen LogP contribution is -2.36. The Bertz CT molecular complexity index is 719. The summed E-state index contributed by atoms with van der Waals surface area (Å²) in [6, 6.07) is 8.90. The number of nitrogens with one attached hydrogen (secondary N) is 2. The number of anilines is 1. The number of benzene rings is 1. The normalized spacial score (nSPS) is 13.1. The molecule has 0 saturated heterocycles. The van der Waals surface area contributed by atoms with Crippen molar-refractivity contribution < 1.29 is 9.00 Å². The van der Waals surface area contributed by atoms with Gasteiger partial charge in [-0.05, 0) is 50.6 Å². The summed E-state index contributed by atoms with van der Waals surface area (Å²) in [4.78, 5) is 20.6. The Hall–Kier alpha value is -2.28. The number of carbonyl (C=O) groups excluding carboxylic acids is 1. The second-order valence-corrected chi connectivity index (χ2v) is 7.22. The van der Waals surface area contributed by atoms with Gasteiger partial charge in [0.15, 0.2) is 5.82 Å². The van der Waals surface area contributed by atoms with Gasteiger partial charge in [0, 0.05) is 52.0 Å². The number of carbonyl (C=O) groups is 1. The molecule has 24 heavy (non-hydrogen) atoms. The standard InChI is InChI=1S/C17H22N4O2S/c1-12-8-10-18-16(19-12)14-4-6-15(7-5-14)21-17(22)20-13(2)9-11-24(3)23/h4-8,10,13H,9,11H2,1-3H3,(H2,20,21,22). The average Bonchev–Trinajstić information content (AvgIpc) is 2.53. The minimum Gasteiger partial charge on any atom is -0.335 e. The van der Waals surface area contributed by atoms with E-state index >= 15 is 0 Å². The van der Waals surface area contributed by atoms with Gasteiger partial charge in [0.1, 0.15) is 0 Å². The molecule has 0 fully saturated rings. The van der Waals surface area contributed by atoms with Gasteiger partial charge in [-0.15, -0.1) is 0 Å². The average molecular weight is 346 g/mol. The number of nitrogens with zero attached hydrogens (tertiary/aromatic N) is 2. The van der Waals surface area contributed by atoms with E-state index in [1.807, 2.05) is 44.2 Å². The molecule has 2 rings (SSSR count). The fourth-order valence-corrected chi connectivity index (χ4v) is 2.78. The maximum atomic E-state index is 11.9. The van der Waals surface area contributed by atoms with Crippen LogP contribution < -0.4 is 10.6 Å². The second-order valence-electron chi connectivity index (χ2n) is 5.66. The summed E-state index contributed by atoms with van der Waals surface area (Å²) in [7, 11) is -0.845. The number of aromatic nitrogens is 2. The van der Waals surface area contributed by atoms with Crippen molar-refractivity contribution in [2.75, 3.05) is 17.3 Å². The molecule has 1 heterocycles. The Morgan fingerprint density at radius 2 is 1.96 bits per heavy atom. The van der Waals surface area contributed by atoms with Gasteiger partial charge in [-0.1, -0.05) is 0 Å². The molecule has 2 atom stereocenters. The Balaban J connectivity index is 1.91. The van der Waals surface area contributed by atoms with E-state index < -0.39 is 10.8 Å². The molecule has 1 aromatic heterocycles. The van der Waals surface area contributed by atoms with E-state index in [1.165, 1.54) is 0 Å². The molecule has 1 aromatic carbocycles. The zero-order chi connectivity index (χ0) is 17.5. The molecule has 0 aliphatic heterocycles. The van der Waals surface area contributed by atoms with E-state index in [9.17, 15) is 9.00 Å². The van der Waals surface area contributed by atoms with E-state index in [0.29, 0.717) is 23.7 Å². The monoisotopic (exact) mass is 346 g/mol. The van der Waals surface area contributed by atoms with Crippen LogP contribution in [0.2, 0.25) is 0 Å². The smallest absolute Gasteiger partial charge is 0.319 e. The number of aryl methyl sites for hydroxylation is 1. The zero-order valence-corrected chi connectivity index (χ0v) is 14.9. The fourth-order valence-electron chi connectivity index (χ4n) is 2.10. The molecule has 0 bridgehead atoms. The Labute approximate surface area is 144 Å². The van der Waals surface area contributed by atoms with Crippen molar-refractivity contribution in [1.82, 2.24) is 15.3 Å². The van der Waals surface area contributed by atoms with Gasteiger partial charge in [-0.2, -0.15) is 0 Å². The molecular formula is C17H22N4O2S. The molecule has 2 unspecified atom stereocenters. The number of hydrogen-bond acceptors (Lipinski definition) is 4. The summed E-state index contributed by atoms with van der Waals surface area (Å²) in [6.45, 7) is 3.81. The van der Waals surface area contributed by atoms with Crippen LogP contribution in [0, 0.1) is 6.92 Å². The van der Waals surface area contributed by atoms with E-state index in [4.69, 9.17) is 0 Å². The maximum Gasteiger partial charge on any atom is 0.319 e. The van der Waals surface area contributed by atoms with Crippen LogP contribution in [0.15, 0.2) is 36.5 Å². The van der Waals surface area contributed by atoms with Crippen LogP contribution in [0.5, 0.6) is 0 Å². The third-order valence-electron chi connectivity index (χ3n) is 3.41. The summed E-state index contributed by atoms with van der Waals surface area (Å²) in [5, 5.41) is 5.61. The predicted octanol–water partition coefficient (Wildman–Crippen LogP) is 2.73. The molecule has 7 heteroatoms. The van der Waals surface area contributed by atoms with Gasteiger partial charge < -0.3 is 10.6 Å². The van der Waals surface area contributed by atoms with Crippen LogP contribution in [0.1, 0.15) is 19.0 Å². The largest absolute Gasteiger partial charge is 0.335 e. The lowest BCUT2D eigenvalue weighted by molar-refractivity contribution is 0.249. The number of hydrogen-bond donors (Lipinski definition) is 2. The summed E-state index contributed by atoms with van der Waals surface area (Å²) in [5.74, 6) is 1.24. The van der Waals surface area contributed by atoms with E-state index in [0.717, 1.165) is 11.3 Å². The lowest BCUT2D eigenvalue weighted by atomic mass is 10.2. The fraction of sp³-hybridized carbons (Fsp3) is 0.353. The van der Waals surface area contributed by atoms with Crippen LogP contribution in [0.4, 0.5) is 10.5 Å². The van der Waals surface area contributed by atoms with Crippen molar-refractivity contribution in [2.45, 2.75) is 26.3 Å². The summed E-state index contributed by atoms with van der Waals surface area (Å²) < 4.78 is 11.1. The third kappa shape index (κ3) is 5.73. The molecule has 0 aliphatic rings. The summed E-state index contributed by atoms with van der Waals surface area (Å²) in [5.41, 5.74) is 2.49. The highest BCUT2D eigenvalue weighted by atomic mass is 32.2. The maximum absolute atomic E-state index is 11.9. The molecule has 0 radical (unpaired) electrons. The van der Waals surface area contributed by atoms with Gasteiger partial charge in [-0.3, -0.25) is 4.21 Å². The quantitative estimate of drug-likeness (QED) is 0.842. The molecule has 128 valence electrons. The van der Waals surface area contributed by atoms with Gasteiger partial charge >= 0.3 is 6.03 Å². The zero-order valence-electron chi connectivity index (χ0n) is 14.1. The number of rotatable bonds is 6. The highest BCUT2D eigenvalue weighted by molar-refractivity contribution is 7.84. The molecule has 2 aromatic rings. The van der Waals surface area contributed by atoms with Gasteiger partial charge in [0.25, 0.3) is 0 Å². The Morgan fingerprint density at radius 1 is 1.25 bits per heavy atom. The van der Waals surface area contributed by atoms with Crippen LogP contribution in [-0.2, 0) is 10.8 Å². The molecular weight excluding hydrogens is 324 g/mol. The van der Waals surface area contributed by atoms with Crippen LogP contribution in [0.3, 0.4) is 0 Å². The van der Waals surface area contributed by atoms with Crippen LogP contribution in [0.25, 0.3) is 11.4 Å². The van der Waals surface area contributed by atoms with E-state index in [2.05, 4.69) is 20.6 Å². The first-order valence-electron chi connectivity index (χ1n) is 7.71. The molecule has 2 amide bonds. The lowest BCUT2D eigenvalue weighted by Gasteiger charge is -2.14. The molecule has 0 aliphatic carbocycles. The summed E-state index contributed by atoms with van der Waals surface area (Å²) in [6.07, 6.45) is 4.06. The van der Waals surface area contributed by atoms with Crippen molar-refractivity contribution in [3.8, 4) is 11.4 Å². The molecule has 6 nitrogen and oxygen atoms in total. The molecule has 0 saturated carbocycles. The van der Waals surface area contributed by atoms with Gasteiger partial charge in [0.2, 0.25) is 0 Å². The SMILES string of the molecule is Cc1ccnc(-c2ccc(NC(=O)NC(C)CCS(C)=O)cc2)n1. The van der Waals surface area contributed by atoms with Crippen molar-refractivity contribution in [1.29, 1.82) is 0 Å². The topological polar surface area (TPSA) is 84.0 Å². The van der Waals surface area contributed by atoms with Crippen molar-refractivity contribution in [2.24, 2.45) is 0 Å². The minimum atomic E-state index is -0.845. The highest BCUT2D eigenvalue weighted by Crippen LogP contribution is 2.17. The minimum absolute atomic E-state index is 0.0335. The van der Waals surface area contributed by atoms with Crippen LogP contribution >= 0.6 is 0 Å². The number of urea groups is 1. The molecule has 2 N–H and O–H groups in total. The van der Waals surface area contributed by atoms with Crippen LogP contribution in [-0.4, -0.2) is 38.3 Å². The summed E-state index contributed by atoms with van der Waals surface area (Å²) >= 11 is 0. The predicted molar refractivity (Wildman–Crippen MR) is 97.4 cm³/mol. The first-order chi connectivity index (χ1) is 11.4. The Kier molecular flexibility index (Phi) is 6.43. The number of amides is 2. The first kappa shape index (κ1) is 18.1. The highest BCUT2D eigenvalue weighted by Gasteiger charge is 2.08. The van der Waals surface area contributed by atoms with Crippen molar-refractivity contribution in [3.63, 3.8) is 0 Å². The van der Waals surface area contributed by atoms with E-state index in [-0.39, 0.29) is 12.1 Å². The van der Waals surface area contributed by atoms with Gasteiger partial charge in [-0.25, -0.2) is 14.8 Å². The molecule has 0 spiro atoms. The second kappa shape index (κ2) is 8.54. The van der Waals surface area contributed by atoms with E-state index in [1.54, 1.807) is 12.5 Å².